The summed E-state index contributed by atoms with van der Waals surface area (Å²) in [5.41, 5.74) is 1.26. The third-order valence-corrected chi connectivity index (χ3v) is 5.83. The van der Waals surface area contributed by atoms with E-state index in [-0.39, 0.29) is 0 Å². The van der Waals surface area contributed by atoms with Gasteiger partial charge >= 0.3 is 0 Å². The highest BCUT2D eigenvalue weighted by atomic mass is 16.5. The van der Waals surface area contributed by atoms with E-state index in [2.05, 4.69) is 44.1 Å². The summed E-state index contributed by atoms with van der Waals surface area (Å²) >= 11 is 0. The number of hydrogen-bond acceptors (Lipinski definition) is 4. The van der Waals surface area contributed by atoms with Gasteiger partial charge in [-0.2, -0.15) is 0 Å². The van der Waals surface area contributed by atoms with Crippen LogP contribution in [0, 0.1) is 5.92 Å². The number of nitrogens with zero attached hydrogens (tertiary/aromatic N) is 4. The minimum atomic E-state index is 0.732. The second-order valence-corrected chi connectivity index (χ2v) is 7.50. The molecule has 0 aromatic heterocycles. The first kappa shape index (κ1) is 19.8. The summed E-state index contributed by atoms with van der Waals surface area (Å²) in [6.07, 6.45) is 2.64. The highest BCUT2D eigenvalue weighted by Crippen LogP contribution is 2.20. The predicted octanol–water partition coefficient (Wildman–Crippen LogP) is 2.12. The maximum absolute atomic E-state index is 5.26. The van der Waals surface area contributed by atoms with Crippen LogP contribution in [0.15, 0.2) is 29.3 Å². The third-order valence-electron chi connectivity index (χ3n) is 5.83. The average Bonchev–Trinajstić information content (AvgIpc) is 2.75. The summed E-state index contributed by atoms with van der Waals surface area (Å²) in [6, 6.07) is 8.35. The first-order valence-electron chi connectivity index (χ1n) is 10.3. The molecule has 2 saturated heterocycles. The first-order chi connectivity index (χ1) is 13.2. The number of aliphatic imine (C=N–C) groups is 1. The van der Waals surface area contributed by atoms with Crippen LogP contribution in [0.5, 0.6) is 5.75 Å². The summed E-state index contributed by atoms with van der Waals surface area (Å²) in [6.45, 7) is 11.0. The normalized spacial score (nSPS) is 22.0. The molecule has 6 nitrogen and oxygen atoms in total. The van der Waals surface area contributed by atoms with E-state index in [1.807, 2.05) is 19.2 Å². The van der Waals surface area contributed by atoms with E-state index in [4.69, 9.17) is 4.74 Å². The SMILES string of the molecule is CCN1CCCC(CNC(=NC)N2CCN(c3ccc(OC)cc3)CC2)C1. The fraction of sp³-hybridized carbons (Fsp3) is 0.667. The van der Waals surface area contributed by atoms with Crippen molar-refractivity contribution >= 4 is 11.6 Å². The lowest BCUT2D eigenvalue weighted by Crippen LogP contribution is -2.53. The highest BCUT2D eigenvalue weighted by molar-refractivity contribution is 5.80. The number of likely N-dealkylation sites (tertiary alicyclic amines) is 1. The lowest BCUT2D eigenvalue weighted by molar-refractivity contribution is 0.182. The molecule has 0 radical (unpaired) electrons. The Bertz CT molecular complexity index is 595. The van der Waals surface area contributed by atoms with E-state index in [1.54, 1.807) is 7.11 Å². The molecule has 1 N–H and O–H groups in total. The molecular formula is C21H35N5O. The van der Waals surface area contributed by atoms with E-state index in [1.165, 1.54) is 38.2 Å². The number of methoxy groups -OCH3 is 1. The maximum atomic E-state index is 5.26. The predicted molar refractivity (Wildman–Crippen MR) is 113 cm³/mol. The van der Waals surface area contributed by atoms with Crippen LogP contribution in [0.25, 0.3) is 0 Å². The van der Waals surface area contributed by atoms with Crippen molar-refractivity contribution < 1.29 is 4.74 Å². The Balaban J connectivity index is 1.46. The van der Waals surface area contributed by atoms with Crippen molar-refractivity contribution in [1.82, 2.24) is 15.1 Å². The first-order valence-corrected chi connectivity index (χ1v) is 10.3. The van der Waals surface area contributed by atoms with E-state index in [9.17, 15) is 0 Å². The van der Waals surface area contributed by atoms with E-state index in [0.29, 0.717) is 0 Å². The summed E-state index contributed by atoms with van der Waals surface area (Å²) in [7, 11) is 3.61. The van der Waals surface area contributed by atoms with E-state index in [0.717, 1.165) is 50.4 Å². The lowest BCUT2D eigenvalue weighted by Gasteiger charge is -2.38. The summed E-state index contributed by atoms with van der Waals surface area (Å²) < 4.78 is 5.26. The van der Waals surface area contributed by atoms with Gasteiger partial charge in [-0.3, -0.25) is 4.99 Å². The molecule has 3 rings (SSSR count). The van der Waals surface area contributed by atoms with Crippen LogP contribution in [0.3, 0.4) is 0 Å². The Morgan fingerprint density at radius 1 is 1.15 bits per heavy atom. The van der Waals surface area contributed by atoms with Gasteiger partial charge in [0.05, 0.1) is 7.11 Å². The Hall–Kier alpha value is -1.95. The van der Waals surface area contributed by atoms with Gasteiger partial charge in [-0.15, -0.1) is 0 Å². The molecule has 27 heavy (non-hydrogen) atoms. The van der Waals surface area contributed by atoms with Gasteiger partial charge in [-0.05, 0) is 56.1 Å². The van der Waals surface area contributed by atoms with Gasteiger partial charge in [-0.25, -0.2) is 0 Å². The van der Waals surface area contributed by atoms with Crippen LogP contribution < -0.4 is 15.0 Å². The number of nitrogens with one attached hydrogen (secondary N) is 1. The number of benzene rings is 1. The van der Waals surface area contributed by atoms with Gasteiger partial charge in [0.1, 0.15) is 5.75 Å². The van der Waals surface area contributed by atoms with Crippen LogP contribution in [-0.2, 0) is 0 Å². The zero-order chi connectivity index (χ0) is 19.1. The maximum Gasteiger partial charge on any atom is 0.193 e. The summed E-state index contributed by atoms with van der Waals surface area (Å²) in [5.74, 6) is 2.69. The Labute approximate surface area is 164 Å². The van der Waals surface area contributed by atoms with E-state index < -0.39 is 0 Å². The molecule has 0 aliphatic carbocycles. The largest absolute Gasteiger partial charge is 0.497 e. The molecule has 1 aromatic carbocycles. The zero-order valence-corrected chi connectivity index (χ0v) is 17.2. The molecule has 2 fully saturated rings. The monoisotopic (exact) mass is 373 g/mol. The molecule has 0 amide bonds. The number of piperazine rings is 1. The minimum Gasteiger partial charge on any atom is -0.497 e. The molecule has 1 aromatic rings. The molecule has 2 aliphatic heterocycles. The molecule has 1 unspecified atom stereocenters. The Morgan fingerprint density at radius 2 is 1.89 bits per heavy atom. The van der Waals surface area contributed by atoms with E-state index >= 15 is 0 Å². The molecule has 150 valence electrons. The average molecular weight is 374 g/mol. The van der Waals surface area contributed by atoms with Crippen LogP contribution in [-0.4, -0.2) is 82.3 Å². The molecule has 1 atom stereocenters. The highest BCUT2D eigenvalue weighted by Gasteiger charge is 2.22. The second-order valence-electron chi connectivity index (χ2n) is 7.50. The van der Waals surface area contributed by atoms with Gasteiger partial charge in [-0.1, -0.05) is 6.92 Å². The van der Waals surface area contributed by atoms with Crippen LogP contribution in [0.4, 0.5) is 5.69 Å². The summed E-state index contributed by atoms with van der Waals surface area (Å²) in [5, 5.41) is 3.64. The van der Waals surface area contributed by atoms with Crippen molar-refractivity contribution in [3.8, 4) is 5.75 Å². The van der Waals surface area contributed by atoms with Gasteiger partial charge in [0.15, 0.2) is 5.96 Å². The third kappa shape index (κ3) is 5.28. The number of rotatable bonds is 5. The molecule has 2 heterocycles. The number of ether oxygens (including phenoxy) is 1. The molecular weight excluding hydrogens is 338 g/mol. The Morgan fingerprint density at radius 3 is 2.52 bits per heavy atom. The van der Waals surface area contributed by atoms with Crippen molar-refractivity contribution in [3.63, 3.8) is 0 Å². The van der Waals surface area contributed by atoms with Crippen molar-refractivity contribution in [3.05, 3.63) is 24.3 Å². The number of anilines is 1. The van der Waals surface area contributed by atoms with Crippen molar-refractivity contribution in [2.24, 2.45) is 10.9 Å². The smallest absolute Gasteiger partial charge is 0.193 e. The molecule has 0 bridgehead atoms. The lowest BCUT2D eigenvalue weighted by atomic mass is 9.98. The number of hydrogen-bond donors (Lipinski definition) is 1. The topological polar surface area (TPSA) is 43.3 Å². The van der Waals surface area contributed by atoms with Gasteiger partial charge in [0.2, 0.25) is 0 Å². The quantitative estimate of drug-likeness (QED) is 0.633. The van der Waals surface area contributed by atoms with Crippen molar-refractivity contribution in [2.75, 3.05) is 71.4 Å². The molecule has 0 spiro atoms. The van der Waals surface area contributed by atoms with Crippen molar-refractivity contribution in [2.45, 2.75) is 19.8 Å². The molecule has 0 saturated carbocycles. The van der Waals surface area contributed by atoms with Gasteiger partial charge in [0.25, 0.3) is 0 Å². The Kier molecular flexibility index (Phi) is 7.21. The number of piperidine rings is 1. The van der Waals surface area contributed by atoms with Crippen LogP contribution >= 0.6 is 0 Å². The molecule has 2 aliphatic rings. The summed E-state index contributed by atoms with van der Waals surface area (Å²) in [4.78, 5) is 11.9. The van der Waals surface area contributed by atoms with Gasteiger partial charge < -0.3 is 24.8 Å². The molecule has 6 heteroatoms. The fourth-order valence-electron chi connectivity index (χ4n) is 4.14. The van der Waals surface area contributed by atoms with Crippen LogP contribution in [0.2, 0.25) is 0 Å². The standard InChI is InChI=1S/C21H35N5O/c1-4-24-11-5-6-18(17-24)16-23-21(22-2)26-14-12-25(13-15-26)19-7-9-20(27-3)10-8-19/h7-10,18H,4-6,11-17H2,1-3H3,(H,22,23). The van der Waals surface area contributed by atoms with Crippen LogP contribution in [0.1, 0.15) is 19.8 Å². The fourth-order valence-corrected chi connectivity index (χ4v) is 4.14. The van der Waals surface area contributed by atoms with Gasteiger partial charge in [0, 0.05) is 52.0 Å². The zero-order valence-electron chi connectivity index (χ0n) is 17.2. The number of guanidine groups is 1. The van der Waals surface area contributed by atoms with Crippen molar-refractivity contribution in [1.29, 1.82) is 0 Å². The minimum absolute atomic E-state index is 0.732. The second kappa shape index (κ2) is 9.83.